The fraction of sp³-hybridized carbons (Fsp3) is 0.320. The number of aryl methyl sites for hydroxylation is 1. The predicted octanol–water partition coefficient (Wildman–Crippen LogP) is 1.66. The largest absolute Gasteiger partial charge is 0.378 e. The van der Waals surface area contributed by atoms with Gasteiger partial charge in [-0.05, 0) is 42.8 Å². The third-order valence-corrected chi connectivity index (χ3v) is 6.64. The Morgan fingerprint density at radius 2 is 1.94 bits per heavy atom. The van der Waals surface area contributed by atoms with Gasteiger partial charge in [0.2, 0.25) is 5.70 Å². The van der Waals surface area contributed by atoms with Crippen LogP contribution in [0.1, 0.15) is 11.1 Å². The lowest BCUT2D eigenvalue weighted by Gasteiger charge is -2.34. The smallest absolute Gasteiger partial charge is 0.312 e. The fourth-order valence-electron chi connectivity index (χ4n) is 4.42. The fourth-order valence-corrected chi connectivity index (χ4v) is 4.60. The van der Waals surface area contributed by atoms with E-state index >= 15 is 0 Å². The molecule has 1 saturated heterocycles. The number of rotatable bonds is 5. The van der Waals surface area contributed by atoms with Gasteiger partial charge in [0.25, 0.3) is 0 Å². The Hall–Kier alpha value is -3.20. The molecule has 0 bridgehead atoms. The Kier molecular flexibility index (Phi) is 6.62. The van der Waals surface area contributed by atoms with Crippen molar-refractivity contribution in [2.24, 2.45) is 0 Å². The molecular formula is C25H30ClN6O2+. The number of hydrogen-bond donors (Lipinski definition) is 4. The van der Waals surface area contributed by atoms with E-state index < -0.39 is 0 Å². The first-order valence-corrected chi connectivity index (χ1v) is 12.0. The van der Waals surface area contributed by atoms with Gasteiger partial charge in [-0.25, -0.2) is 10.9 Å². The molecule has 2 aromatic rings. The maximum absolute atomic E-state index is 13.0. The highest BCUT2D eigenvalue weighted by Gasteiger charge is 2.28. The molecule has 1 amide bonds. The van der Waals surface area contributed by atoms with Gasteiger partial charge in [0.05, 0.1) is 18.9 Å². The van der Waals surface area contributed by atoms with Crippen LogP contribution in [0, 0.1) is 6.92 Å². The molecule has 3 aliphatic heterocycles. The first-order valence-electron chi connectivity index (χ1n) is 11.6. The number of carbonyl (C=O) groups is 1. The molecule has 0 radical (unpaired) electrons. The monoisotopic (exact) mass is 481 g/mol. The van der Waals surface area contributed by atoms with E-state index in [0.29, 0.717) is 12.2 Å². The van der Waals surface area contributed by atoms with E-state index in [-0.39, 0.29) is 5.91 Å². The lowest BCUT2D eigenvalue weighted by molar-refractivity contribution is -0.655. The van der Waals surface area contributed by atoms with Crippen molar-refractivity contribution in [3.8, 4) is 0 Å². The number of carbonyl (C=O) groups excluding carboxylic acids is 1. The van der Waals surface area contributed by atoms with Crippen molar-refractivity contribution >= 4 is 28.9 Å². The molecule has 3 aliphatic rings. The van der Waals surface area contributed by atoms with Crippen LogP contribution in [0.2, 0.25) is 5.02 Å². The summed E-state index contributed by atoms with van der Waals surface area (Å²) in [7, 11) is 0. The van der Waals surface area contributed by atoms with Gasteiger partial charge in [0.15, 0.2) is 5.82 Å². The number of nitrogens with zero attached hydrogens (tertiary/aromatic N) is 2. The maximum atomic E-state index is 13.0. The molecule has 1 fully saturated rings. The third-order valence-electron chi connectivity index (χ3n) is 6.27. The Labute approximate surface area is 204 Å². The topological polar surface area (TPSA) is 85.5 Å². The molecule has 178 valence electrons. The molecule has 9 heteroatoms. The second kappa shape index (κ2) is 9.97. The summed E-state index contributed by atoms with van der Waals surface area (Å²) in [5, 5.41) is 7.15. The van der Waals surface area contributed by atoms with E-state index in [4.69, 9.17) is 16.3 Å². The summed E-state index contributed by atoms with van der Waals surface area (Å²) in [6.45, 7) is 7.63. The summed E-state index contributed by atoms with van der Waals surface area (Å²) in [5.41, 5.74) is 10.7. The average Bonchev–Trinajstić information content (AvgIpc) is 2.87. The lowest BCUT2D eigenvalue weighted by atomic mass is 10.1. The number of quaternary nitrogens is 1. The number of anilines is 2. The second-order valence-electron chi connectivity index (χ2n) is 8.69. The third kappa shape index (κ3) is 4.99. The molecule has 0 aromatic heterocycles. The molecule has 0 saturated carbocycles. The van der Waals surface area contributed by atoms with E-state index in [2.05, 4.69) is 38.8 Å². The Morgan fingerprint density at radius 3 is 2.74 bits per heavy atom. The van der Waals surface area contributed by atoms with Gasteiger partial charge in [0.1, 0.15) is 0 Å². The minimum atomic E-state index is -0.155. The zero-order valence-corrected chi connectivity index (χ0v) is 20.0. The molecule has 3 heterocycles. The summed E-state index contributed by atoms with van der Waals surface area (Å²) in [4.78, 5) is 17.6. The number of halogens is 1. The van der Waals surface area contributed by atoms with E-state index in [1.807, 2.05) is 42.5 Å². The van der Waals surface area contributed by atoms with Crippen LogP contribution in [0.25, 0.3) is 0 Å². The molecule has 0 atom stereocenters. The van der Waals surface area contributed by atoms with Gasteiger partial charge < -0.3 is 25.2 Å². The number of ether oxygens (including phenoxy) is 1. The molecule has 5 rings (SSSR count). The molecule has 0 spiro atoms. The van der Waals surface area contributed by atoms with Gasteiger partial charge in [0, 0.05) is 55.2 Å². The molecule has 0 unspecified atom stereocenters. The molecule has 34 heavy (non-hydrogen) atoms. The quantitative estimate of drug-likeness (QED) is 0.486. The summed E-state index contributed by atoms with van der Waals surface area (Å²) < 4.78 is 5.42. The van der Waals surface area contributed by atoms with Crippen molar-refractivity contribution in [1.82, 2.24) is 15.6 Å². The summed E-state index contributed by atoms with van der Waals surface area (Å²) >= 11 is 6.45. The Morgan fingerprint density at radius 1 is 1.15 bits per heavy atom. The number of morpholine rings is 1. The molecule has 0 aliphatic carbocycles. The highest BCUT2D eigenvalue weighted by Crippen LogP contribution is 2.24. The van der Waals surface area contributed by atoms with Gasteiger partial charge in [-0.1, -0.05) is 29.3 Å². The first kappa shape index (κ1) is 22.6. The number of benzene rings is 2. The van der Waals surface area contributed by atoms with Crippen LogP contribution in [-0.2, 0) is 16.1 Å². The zero-order valence-electron chi connectivity index (χ0n) is 19.2. The minimum Gasteiger partial charge on any atom is -0.378 e. The van der Waals surface area contributed by atoms with Crippen molar-refractivity contribution in [3.05, 3.63) is 81.9 Å². The summed E-state index contributed by atoms with van der Waals surface area (Å²) in [6.07, 6.45) is 1.93. The standard InChI is InChI=1S/C25H29ClN6O2/c1-17-2-7-21(26)18(14-17)16-32-9-8-27-24-23(32)15-22(29-30-24)25(33)28-19-3-5-20(6-4-19)31-10-12-34-13-11-31/h2-7,14-15,27,29-30H,8-13,16H2,1H3,(H,28,33)/p+1. The second-order valence-corrected chi connectivity index (χ2v) is 9.10. The van der Waals surface area contributed by atoms with Crippen LogP contribution in [0.4, 0.5) is 11.4 Å². The van der Waals surface area contributed by atoms with Gasteiger partial charge in [-0.2, -0.15) is 0 Å². The van der Waals surface area contributed by atoms with E-state index in [9.17, 15) is 4.79 Å². The number of allylic oxidation sites excluding steroid dienone is 1. The normalized spacial score (nSPS) is 18.0. The lowest BCUT2D eigenvalue weighted by Crippen LogP contribution is -2.94. The van der Waals surface area contributed by atoms with Crippen molar-refractivity contribution in [2.75, 3.05) is 49.6 Å². The number of nitrogens with two attached hydrogens (primary N) is 1. The van der Waals surface area contributed by atoms with Gasteiger partial charge in [-0.15, -0.1) is 0 Å². The number of amides is 1. The van der Waals surface area contributed by atoms with E-state index in [1.165, 1.54) is 5.56 Å². The summed E-state index contributed by atoms with van der Waals surface area (Å²) in [6, 6.07) is 14.0. The number of hydrogen-bond acceptors (Lipinski definition) is 6. The summed E-state index contributed by atoms with van der Waals surface area (Å²) in [5.74, 6) is 0.749. The van der Waals surface area contributed by atoms with Crippen molar-refractivity contribution < 1.29 is 15.0 Å². The van der Waals surface area contributed by atoms with Crippen molar-refractivity contribution in [2.45, 2.75) is 13.5 Å². The van der Waals surface area contributed by atoms with Gasteiger partial charge in [-0.3, -0.25) is 4.79 Å². The SMILES string of the molecule is Cc1ccc(Cl)c(CN2CCNC3=C2C=C(C(=O)Nc2ccc(N4CCOCC4)cc2)[NH2+]N3)c1. The maximum Gasteiger partial charge on any atom is 0.312 e. The Balaban J connectivity index is 1.29. The van der Waals surface area contributed by atoms with Gasteiger partial charge >= 0.3 is 5.91 Å². The van der Waals surface area contributed by atoms with Crippen LogP contribution in [0.5, 0.6) is 0 Å². The average molecular weight is 482 g/mol. The highest BCUT2D eigenvalue weighted by atomic mass is 35.5. The zero-order chi connectivity index (χ0) is 23.5. The molecule has 2 aromatic carbocycles. The van der Waals surface area contributed by atoms with E-state index in [1.54, 1.807) is 5.43 Å². The number of nitrogens with one attached hydrogen (secondary N) is 3. The van der Waals surface area contributed by atoms with E-state index in [0.717, 1.165) is 72.9 Å². The first-order chi connectivity index (χ1) is 16.6. The molecule has 5 N–H and O–H groups in total. The van der Waals surface area contributed by atoms with Crippen LogP contribution in [0.3, 0.4) is 0 Å². The molecule has 8 nitrogen and oxygen atoms in total. The predicted molar refractivity (Wildman–Crippen MR) is 133 cm³/mol. The Bertz CT molecular complexity index is 1120. The highest BCUT2D eigenvalue weighted by molar-refractivity contribution is 6.31. The van der Waals surface area contributed by atoms with Crippen LogP contribution >= 0.6 is 11.6 Å². The molecular weight excluding hydrogens is 452 g/mol. The van der Waals surface area contributed by atoms with Crippen LogP contribution in [0.15, 0.2) is 65.8 Å². The van der Waals surface area contributed by atoms with Crippen molar-refractivity contribution in [3.63, 3.8) is 0 Å². The van der Waals surface area contributed by atoms with Crippen molar-refractivity contribution in [1.29, 1.82) is 0 Å². The minimum absolute atomic E-state index is 0.155. The van der Waals surface area contributed by atoms with Crippen LogP contribution in [-0.4, -0.2) is 50.2 Å². The van der Waals surface area contributed by atoms with Crippen LogP contribution < -0.4 is 26.4 Å².